The van der Waals surface area contributed by atoms with Gasteiger partial charge in [-0.3, -0.25) is 0 Å². The summed E-state index contributed by atoms with van der Waals surface area (Å²) in [6, 6.07) is 7.79. The molecule has 0 saturated heterocycles. The Morgan fingerprint density at radius 1 is 1.11 bits per heavy atom. The lowest BCUT2D eigenvalue weighted by Gasteiger charge is -2.23. The van der Waals surface area contributed by atoms with Crippen molar-refractivity contribution < 1.29 is 9.53 Å². The molecular weight excluding hydrogens is 238 g/mol. The van der Waals surface area contributed by atoms with Crippen molar-refractivity contribution in [2.45, 2.75) is 59.1 Å². The van der Waals surface area contributed by atoms with E-state index in [4.69, 9.17) is 4.74 Å². The van der Waals surface area contributed by atoms with Crippen molar-refractivity contribution in [3.63, 3.8) is 0 Å². The second-order valence-corrected chi connectivity index (χ2v) is 6.18. The number of hydrogen-bond donors (Lipinski definition) is 1. The summed E-state index contributed by atoms with van der Waals surface area (Å²) in [5, 5.41) is 3.16. The molecule has 0 aliphatic carbocycles. The Balaban J connectivity index is 2.61. The molecule has 1 unspecified atom stereocenters. The van der Waals surface area contributed by atoms with E-state index in [0.29, 0.717) is 5.92 Å². The number of carbonyl (C=O) groups is 1. The molecule has 0 aliphatic heterocycles. The fraction of sp³-hybridized carbons (Fsp3) is 0.562. The lowest BCUT2D eigenvalue weighted by atomic mass is 10.0. The molecule has 0 aliphatic rings. The summed E-state index contributed by atoms with van der Waals surface area (Å²) in [5.74, 6) is 0.276. The van der Waals surface area contributed by atoms with Crippen LogP contribution in [0.15, 0.2) is 24.3 Å². The highest BCUT2D eigenvalue weighted by molar-refractivity contribution is 5.79. The number of carbonyl (C=O) groups excluding carboxylic acids is 1. The first-order valence-electron chi connectivity index (χ1n) is 6.78. The van der Waals surface area contributed by atoms with E-state index < -0.39 is 5.60 Å². The van der Waals surface area contributed by atoms with Gasteiger partial charge in [-0.2, -0.15) is 0 Å². The van der Waals surface area contributed by atoms with E-state index in [2.05, 4.69) is 31.3 Å². The van der Waals surface area contributed by atoms with Gasteiger partial charge in [0.1, 0.15) is 11.6 Å². The average molecular weight is 263 g/mol. The van der Waals surface area contributed by atoms with E-state index in [1.165, 1.54) is 5.56 Å². The van der Waals surface area contributed by atoms with Crippen molar-refractivity contribution in [2.75, 3.05) is 5.32 Å². The van der Waals surface area contributed by atoms with Crippen LogP contribution in [0, 0.1) is 0 Å². The van der Waals surface area contributed by atoms with Gasteiger partial charge in [-0.05, 0) is 51.3 Å². The summed E-state index contributed by atoms with van der Waals surface area (Å²) in [7, 11) is 0. The first kappa shape index (κ1) is 15.5. The minimum absolute atomic E-state index is 0.236. The number of benzene rings is 1. The predicted molar refractivity (Wildman–Crippen MR) is 79.5 cm³/mol. The molecule has 3 heteroatoms. The molecule has 0 spiro atoms. The molecule has 1 N–H and O–H groups in total. The summed E-state index contributed by atoms with van der Waals surface area (Å²) >= 11 is 0. The van der Waals surface area contributed by atoms with Crippen LogP contribution in [0.1, 0.15) is 53.0 Å². The summed E-state index contributed by atoms with van der Waals surface area (Å²) in [6.07, 6.45) is 0. The third-order valence-electron chi connectivity index (χ3n) is 2.72. The van der Waals surface area contributed by atoms with E-state index in [1.54, 1.807) is 0 Å². The Bertz CT molecular complexity index is 415. The smallest absolute Gasteiger partial charge is 0.328 e. The van der Waals surface area contributed by atoms with Gasteiger partial charge in [0.05, 0.1) is 0 Å². The molecule has 0 radical (unpaired) electrons. The van der Waals surface area contributed by atoms with Crippen molar-refractivity contribution in [1.82, 2.24) is 0 Å². The van der Waals surface area contributed by atoms with Gasteiger partial charge in [-0.15, -0.1) is 0 Å². The second-order valence-electron chi connectivity index (χ2n) is 6.18. The molecular formula is C16H25NO2. The van der Waals surface area contributed by atoms with Gasteiger partial charge < -0.3 is 10.1 Å². The first-order valence-corrected chi connectivity index (χ1v) is 6.78. The largest absolute Gasteiger partial charge is 0.458 e. The van der Waals surface area contributed by atoms with Gasteiger partial charge in [0.25, 0.3) is 0 Å². The van der Waals surface area contributed by atoms with Crippen LogP contribution < -0.4 is 5.32 Å². The maximum Gasteiger partial charge on any atom is 0.328 e. The standard InChI is InChI=1S/C16H25NO2/c1-11(2)13-7-9-14(10-8-13)17-12(3)15(18)19-16(4,5)6/h7-12,17H,1-6H3. The molecule has 1 aromatic carbocycles. The fourth-order valence-electron chi connectivity index (χ4n) is 1.66. The van der Waals surface area contributed by atoms with E-state index in [1.807, 2.05) is 39.8 Å². The minimum Gasteiger partial charge on any atom is -0.458 e. The van der Waals surface area contributed by atoms with E-state index in [9.17, 15) is 4.79 Å². The van der Waals surface area contributed by atoms with Crippen molar-refractivity contribution in [2.24, 2.45) is 0 Å². The molecule has 1 rings (SSSR count). The number of ether oxygens (including phenoxy) is 1. The van der Waals surface area contributed by atoms with Crippen molar-refractivity contribution >= 4 is 11.7 Å². The molecule has 19 heavy (non-hydrogen) atoms. The minimum atomic E-state index is -0.450. The number of nitrogens with one attached hydrogen (secondary N) is 1. The molecule has 3 nitrogen and oxygen atoms in total. The lowest BCUT2D eigenvalue weighted by molar-refractivity contribution is -0.155. The SMILES string of the molecule is CC(Nc1ccc(C(C)C)cc1)C(=O)OC(C)(C)C. The van der Waals surface area contributed by atoms with Crippen LogP contribution in [-0.4, -0.2) is 17.6 Å². The lowest BCUT2D eigenvalue weighted by Crippen LogP contribution is -2.34. The zero-order chi connectivity index (χ0) is 14.6. The van der Waals surface area contributed by atoms with Crippen LogP contribution in [0.3, 0.4) is 0 Å². The monoisotopic (exact) mass is 263 g/mol. The molecule has 0 bridgehead atoms. The highest BCUT2D eigenvalue weighted by Crippen LogP contribution is 2.18. The maximum absolute atomic E-state index is 11.9. The van der Waals surface area contributed by atoms with Crippen LogP contribution in [0.5, 0.6) is 0 Å². The Morgan fingerprint density at radius 3 is 2.05 bits per heavy atom. The summed E-state index contributed by atoms with van der Waals surface area (Å²) in [6.45, 7) is 11.7. The quantitative estimate of drug-likeness (QED) is 0.836. The van der Waals surface area contributed by atoms with Crippen molar-refractivity contribution in [3.8, 4) is 0 Å². The highest BCUT2D eigenvalue weighted by Gasteiger charge is 2.21. The fourth-order valence-corrected chi connectivity index (χ4v) is 1.66. The van der Waals surface area contributed by atoms with Gasteiger partial charge in [0.2, 0.25) is 0 Å². The molecule has 0 fully saturated rings. The number of esters is 1. The Morgan fingerprint density at radius 2 is 1.63 bits per heavy atom. The Labute approximate surface area is 116 Å². The van der Waals surface area contributed by atoms with Crippen LogP contribution in [0.25, 0.3) is 0 Å². The zero-order valence-electron chi connectivity index (χ0n) is 12.8. The summed E-state index contributed by atoms with van der Waals surface area (Å²) in [5.41, 5.74) is 1.77. The first-order chi connectivity index (χ1) is 8.69. The molecule has 1 atom stereocenters. The normalized spacial score (nSPS) is 13.2. The van der Waals surface area contributed by atoms with Crippen molar-refractivity contribution in [1.29, 1.82) is 0 Å². The molecule has 0 heterocycles. The van der Waals surface area contributed by atoms with E-state index >= 15 is 0 Å². The van der Waals surface area contributed by atoms with Crippen LogP contribution in [-0.2, 0) is 9.53 Å². The zero-order valence-corrected chi connectivity index (χ0v) is 12.8. The molecule has 106 valence electrons. The van der Waals surface area contributed by atoms with Crippen LogP contribution in [0.2, 0.25) is 0 Å². The van der Waals surface area contributed by atoms with Gasteiger partial charge in [-0.1, -0.05) is 26.0 Å². The Hall–Kier alpha value is -1.51. The third-order valence-corrected chi connectivity index (χ3v) is 2.72. The average Bonchev–Trinajstić information content (AvgIpc) is 2.27. The Kier molecular flexibility index (Phi) is 4.98. The van der Waals surface area contributed by atoms with E-state index in [0.717, 1.165) is 5.69 Å². The van der Waals surface area contributed by atoms with Crippen LogP contribution in [0.4, 0.5) is 5.69 Å². The maximum atomic E-state index is 11.9. The third kappa shape index (κ3) is 5.33. The highest BCUT2D eigenvalue weighted by atomic mass is 16.6. The van der Waals surface area contributed by atoms with Gasteiger partial charge in [-0.25, -0.2) is 4.79 Å². The second kappa shape index (κ2) is 6.09. The van der Waals surface area contributed by atoms with Gasteiger partial charge in [0, 0.05) is 5.69 Å². The summed E-state index contributed by atoms with van der Waals surface area (Å²) in [4.78, 5) is 11.9. The number of rotatable bonds is 4. The number of hydrogen-bond acceptors (Lipinski definition) is 3. The molecule has 1 aromatic rings. The molecule has 0 saturated carbocycles. The topological polar surface area (TPSA) is 38.3 Å². The van der Waals surface area contributed by atoms with Crippen molar-refractivity contribution in [3.05, 3.63) is 29.8 Å². The van der Waals surface area contributed by atoms with Gasteiger partial charge >= 0.3 is 5.97 Å². The van der Waals surface area contributed by atoms with E-state index in [-0.39, 0.29) is 12.0 Å². The molecule has 0 amide bonds. The molecule has 0 aromatic heterocycles. The summed E-state index contributed by atoms with van der Waals surface area (Å²) < 4.78 is 5.33. The predicted octanol–water partition coefficient (Wildman–Crippen LogP) is 3.95. The van der Waals surface area contributed by atoms with Gasteiger partial charge in [0.15, 0.2) is 0 Å². The number of anilines is 1. The van der Waals surface area contributed by atoms with Crippen LogP contribution >= 0.6 is 0 Å².